The van der Waals surface area contributed by atoms with E-state index in [9.17, 15) is 0 Å². The molecule has 498 valence electrons. The van der Waals surface area contributed by atoms with Crippen LogP contribution < -0.4 is 0 Å². The van der Waals surface area contributed by atoms with Crippen molar-refractivity contribution >= 4 is 37.9 Å². The number of rotatable bonds is 48. The van der Waals surface area contributed by atoms with Gasteiger partial charge < -0.3 is 0 Å². The van der Waals surface area contributed by atoms with Crippen molar-refractivity contribution < 1.29 is 0 Å². The van der Waals surface area contributed by atoms with Crippen molar-refractivity contribution in [2.24, 2.45) is 0 Å². The standard InChI is InChI=1S/C28H44N2S.C27H42N2S.C26H40N2S/c1-3-5-7-9-11-12-14-16-18-25-22-29-28(30-23-25)26-20-19-24(21-27(26)31)17-15-13-10-8-6-4-2;1-3-5-7-9-11-13-15-17-24-21-28-27(29-22-24)25-19-18-23(20-26(25)30)16-14-12-10-8-6-4-2;1-3-5-7-9-11-13-15-22-17-18-24(25(29)19-22)26-27-20-23(21-28-26)16-14-12-10-8-6-4-2/h19-23,31H,3-18H2,1-2H3;18-22,30H,3-17H2,1-2H3;17-21,29H,3-16H2,1-2H3. The van der Waals surface area contributed by atoms with Crippen LogP contribution in [0.25, 0.3) is 34.2 Å². The number of unbranched alkanes of at least 4 members (excludes halogenated alkanes) is 33. The molecule has 0 saturated carbocycles. The Balaban J connectivity index is 0.000000288. The molecule has 6 nitrogen and oxygen atoms in total. The summed E-state index contributed by atoms with van der Waals surface area (Å²) in [7, 11) is 0. The van der Waals surface area contributed by atoms with Gasteiger partial charge in [-0.3, -0.25) is 0 Å². The summed E-state index contributed by atoms with van der Waals surface area (Å²) in [6.07, 6.45) is 70.8. The maximum atomic E-state index is 4.73. The lowest BCUT2D eigenvalue weighted by atomic mass is 10.0. The van der Waals surface area contributed by atoms with Crippen LogP contribution in [0.4, 0.5) is 0 Å². The van der Waals surface area contributed by atoms with E-state index in [-0.39, 0.29) is 0 Å². The van der Waals surface area contributed by atoms with Crippen molar-refractivity contribution in [2.75, 3.05) is 0 Å². The molecule has 3 aromatic heterocycles. The zero-order valence-corrected chi connectivity index (χ0v) is 60.7. The molecule has 3 aromatic carbocycles. The number of hydrogen-bond donors (Lipinski definition) is 3. The zero-order chi connectivity index (χ0) is 64.3. The van der Waals surface area contributed by atoms with E-state index in [4.69, 9.17) is 37.9 Å². The van der Waals surface area contributed by atoms with E-state index in [1.807, 2.05) is 37.2 Å². The molecule has 0 spiro atoms. The van der Waals surface area contributed by atoms with Crippen molar-refractivity contribution in [2.45, 2.75) is 345 Å². The average molecular weight is 1280 g/mol. The van der Waals surface area contributed by atoms with Crippen LogP contribution in [-0.4, -0.2) is 29.9 Å². The number of hydrogen-bond acceptors (Lipinski definition) is 9. The zero-order valence-electron chi connectivity index (χ0n) is 58.0. The van der Waals surface area contributed by atoms with Crippen LogP contribution in [0, 0.1) is 0 Å². The summed E-state index contributed by atoms with van der Waals surface area (Å²) < 4.78 is 0. The van der Waals surface area contributed by atoms with E-state index in [2.05, 4.69) is 126 Å². The molecule has 0 amide bonds. The SMILES string of the molecule is CCCCCCCCCCc1cnc(-c2ccc(CCCCCCCC)cc2S)nc1.CCCCCCCCCc1cnc(-c2ccc(CCCCCCCC)cc2S)nc1.CCCCCCCCc1cnc(-c2ccc(CCCCCCCC)cc2S)nc1. The van der Waals surface area contributed by atoms with E-state index in [0.29, 0.717) is 0 Å². The Morgan fingerprint density at radius 1 is 0.211 bits per heavy atom. The third kappa shape index (κ3) is 35.3. The summed E-state index contributed by atoms with van der Waals surface area (Å²) in [5, 5.41) is 0. The van der Waals surface area contributed by atoms with E-state index < -0.39 is 0 Å². The quantitative estimate of drug-likeness (QED) is 0.0261. The van der Waals surface area contributed by atoms with Crippen LogP contribution in [0.5, 0.6) is 0 Å². The number of thiol groups is 3. The summed E-state index contributed by atoms with van der Waals surface area (Å²) in [5.41, 5.74) is 10.9. The second-order valence-corrected chi connectivity index (χ2v) is 27.4. The topological polar surface area (TPSA) is 77.3 Å². The van der Waals surface area contributed by atoms with Crippen LogP contribution in [-0.2, 0) is 38.5 Å². The summed E-state index contributed by atoms with van der Waals surface area (Å²) in [6, 6.07) is 19.7. The van der Waals surface area contributed by atoms with Gasteiger partial charge in [0, 0.05) is 68.6 Å². The smallest absolute Gasteiger partial charge is 0.160 e. The largest absolute Gasteiger partial charge is 0.236 e. The fraction of sp³-hybridized carbons (Fsp3) is 0.630. The van der Waals surface area contributed by atoms with Gasteiger partial charge in [0.15, 0.2) is 17.5 Å². The molecule has 0 fully saturated rings. The van der Waals surface area contributed by atoms with Crippen molar-refractivity contribution in [1.82, 2.24) is 29.9 Å². The Kier molecular flexibility index (Phi) is 45.6. The number of aryl methyl sites for hydroxylation is 6. The highest BCUT2D eigenvalue weighted by atomic mass is 32.1. The van der Waals surface area contributed by atoms with Gasteiger partial charge in [-0.15, -0.1) is 37.9 Å². The van der Waals surface area contributed by atoms with Crippen LogP contribution in [0.15, 0.2) is 106 Å². The Labute approximate surface area is 568 Å². The lowest BCUT2D eigenvalue weighted by molar-refractivity contribution is 0.575. The third-order valence-corrected chi connectivity index (χ3v) is 18.8. The van der Waals surface area contributed by atoms with Gasteiger partial charge in [-0.25, -0.2) is 29.9 Å². The van der Waals surface area contributed by atoms with Gasteiger partial charge in [-0.05, 0) is 147 Å². The summed E-state index contributed by atoms with van der Waals surface area (Å²) in [4.78, 5) is 30.7. The molecule has 0 bridgehead atoms. The molecule has 0 atom stereocenters. The minimum atomic E-state index is 0.785. The highest BCUT2D eigenvalue weighted by molar-refractivity contribution is 7.80. The molecule has 0 unspecified atom stereocenters. The maximum Gasteiger partial charge on any atom is 0.160 e. The predicted molar refractivity (Wildman–Crippen MR) is 400 cm³/mol. The van der Waals surface area contributed by atoms with Crippen molar-refractivity contribution in [3.05, 3.63) is 125 Å². The predicted octanol–water partition coefficient (Wildman–Crippen LogP) is 25.9. The molecule has 0 N–H and O–H groups in total. The van der Waals surface area contributed by atoms with Crippen LogP contribution in [0.2, 0.25) is 0 Å². The minimum absolute atomic E-state index is 0.785. The molecular weight excluding hydrogens is 1150 g/mol. The second-order valence-electron chi connectivity index (χ2n) is 26.0. The van der Waals surface area contributed by atoms with Gasteiger partial charge in [0.2, 0.25) is 0 Å². The van der Waals surface area contributed by atoms with E-state index >= 15 is 0 Å². The highest BCUT2D eigenvalue weighted by Gasteiger charge is 2.11. The molecule has 0 aliphatic carbocycles. The number of aromatic nitrogens is 6. The highest BCUT2D eigenvalue weighted by Crippen LogP contribution is 2.29. The minimum Gasteiger partial charge on any atom is -0.236 e. The lowest BCUT2D eigenvalue weighted by Gasteiger charge is -2.08. The van der Waals surface area contributed by atoms with Gasteiger partial charge in [-0.2, -0.15) is 0 Å². The molecule has 3 heterocycles. The molecule has 9 heteroatoms. The first-order valence-corrected chi connectivity index (χ1v) is 38.5. The number of nitrogens with zero attached hydrogens (tertiary/aromatic N) is 6. The summed E-state index contributed by atoms with van der Waals surface area (Å²) in [6.45, 7) is 13.6. The summed E-state index contributed by atoms with van der Waals surface area (Å²) in [5.74, 6) is 2.36. The Morgan fingerprint density at radius 3 is 0.556 bits per heavy atom. The second kappa shape index (κ2) is 52.3. The lowest BCUT2D eigenvalue weighted by Crippen LogP contribution is -1.95. The molecule has 90 heavy (non-hydrogen) atoms. The Bertz CT molecular complexity index is 2670. The summed E-state index contributed by atoms with van der Waals surface area (Å²) >= 11 is 14.2. The van der Waals surface area contributed by atoms with Gasteiger partial charge >= 0.3 is 0 Å². The first-order chi connectivity index (χ1) is 44.2. The van der Waals surface area contributed by atoms with Crippen molar-refractivity contribution in [1.29, 1.82) is 0 Å². The molecule has 6 aromatic rings. The Morgan fingerprint density at radius 2 is 0.378 bits per heavy atom. The molecule has 0 radical (unpaired) electrons. The van der Waals surface area contributed by atoms with Gasteiger partial charge in [-0.1, -0.05) is 272 Å². The molecule has 0 saturated heterocycles. The molecular formula is C81H126N6S3. The number of benzene rings is 3. The van der Waals surface area contributed by atoms with Gasteiger partial charge in [0.05, 0.1) is 0 Å². The third-order valence-electron chi connectivity index (χ3n) is 17.7. The first-order valence-electron chi connectivity index (χ1n) is 37.1. The van der Waals surface area contributed by atoms with Crippen LogP contribution in [0.1, 0.15) is 325 Å². The van der Waals surface area contributed by atoms with Crippen molar-refractivity contribution in [3.63, 3.8) is 0 Å². The first kappa shape index (κ1) is 78.4. The van der Waals surface area contributed by atoms with Crippen molar-refractivity contribution in [3.8, 4) is 34.2 Å². The fourth-order valence-electron chi connectivity index (χ4n) is 11.8. The normalized spacial score (nSPS) is 11.2. The monoisotopic (exact) mass is 1280 g/mol. The van der Waals surface area contributed by atoms with Crippen LogP contribution in [0.3, 0.4) is 0 Å². The Hall–Kier alpha value is -4.05. The average Bonchev–Trinajstić information content (AvgIpc) is 1.56. The maximum absolute atomic E-state index is 4.73. The van der Waals surface area contributed by atoms with Gasteiger partial charge in [0.25, 0.3) is 0 Å². The molecule has 0 aliphatic rings. The van der Waals surface area contributed by atoms with E-state index in [1.165, 1.54) is 284 Å². The van der Waals surface area contributed by atoms with Crippen LogP contribution >= 0.6 is 37.9 Å². The fourth-order valence-corrected chi connectivity index (χ4v) is 12.8. The van der Waals surface area contributed by atoms with E-state index in [1.54, 1.807) is 0 Å². The van der Waals surface area contributed by atoms with E-state index in [0.717, 1.165) is 87.4 Å². The van der Waals surface area contributed by atoms with Gasteiger partial charge in [0.1, 0.15) is 0 Å². The molecule has 6 rings (SSSR count). The molecule has 0 aliphatic heterocycles.